The second-order valence-electron chi connectivity index (χ2n) is 5.05. The van der Waals surface area contributed by atoms with Crippen molar-refractivity contribution in [2.75, 3.05) is 5.32 Å². The first-order valence-corrected chi connectivity index (χ1v) is 6.89. The van der Waals surface area contributed by atoms with Crippen molar-refractivity contribution in [3.05, 3.63) is 66.0 Å². The van der Waals surface area contributed by atoms with Crippen LogP contribution in [0.3, 0.4) is 0 Å². The highest BCUT2D eigenvalue weighted by Gasteiger charge is 2.09. The smallest absolute Gasteiger partial charge is 0.143 e. The molecule has 1 N–H and O–H groups in total. The van der Waals surface area contributed by atoms with Crippen molar-refractivity contribution >= 4 is 5.69 Å². The van der Waals surface area contributed by atoms with Crippen molar-refractivity contribution in [2.24, 2.45) is 0 Å². The van der Waals surface area contributed by atoms with Gasteiger partial charge in [0.1, 0.15) is 6.33 Å². The molecule has 1 unspecified atom stereocenters. The maximum atomic E-state index is 3.95. The van der Waals surface area contributed by atoms with Crippen LogP contribution in [0.2, 0.25) is 0 Å². The van der Waals surface area contributed by atoms with Crippen LogP contribution in [0.5, 0.6) is 0 Å². The van der Waals surface area contributed by atoms with Gasteiger partial charge in [0.25, 0.3) is 0 Å². The minimum Gasteiger partial charge on any atom is -0.377 e. The summed E-state index contributed by atoms with van der Waals surface area (Å²) in [6, 6.07) is 16.7. The van der Waals surface area contributed by atoms with Crippen LogP contribution in [0.15, 0.2) is 54.9 Å². The number of tetrazole rings is 1. The number of rotatable bonds is 4. The normalized spacial score (nSPS) is 12.1. The SMILES string of the molecule is Cc1ccc(C(C)Nc2ccccc2-n2cnnn2)cc1. The average molecular weight is 279 g/mol. The topological polar surface area (TPSA) is 55.6 Å². The zero-order valence-electron chi connectivity index (χ0n) is 12.1. The summed E-state index contributed by atoms with van der Waals surface area (Å²) in [7, 11) is 0. The molecule has 1 aromatic heterocycles. The summed E-state index contributed by atoms with van der Waals surface area (Å²) >= 11 is 0. The van der Waals surface area contributed by atoms with Gasteiger partial charge < -0.3 is 5.32 Å². The molecule has 0 fully saturated rings. The Hall–Kier alpha value is -2.69. The van der Waals surface area contributed by atoms with Crippen molar-refractivity contribution in [3.63, 3.8) is 0 Å². The molecular weight excluding hydrogens is 262 g/mol. The van der Waals surface area contributed by atoms with Gasteiger partial charge in [-0.05, 0) is 42.0 Å². The standard InChI is InChI=1S/C16H17N5/c1-12-7-9-14(10-8-12)13(2)18-15-5-3-4-6-16(15)21-11-17-19-20-21/h3-11,13,18H,1-2H3. The van der Waals surface area contributed by atoms with Crippen molar-refractivity contribution in [1.29, 1.82) is 0 Å². The quantitative estimate of drug-likeness (QED) is 0.797. The van der Waals surface area contributed by atoms with Gasteiger partial charge in [-0.25, -0.2) is 0 Å². The number of nitrogens with zero attached hydrogens (tertiary/aromatic N) is 4. The van der Waals surface area contributed by atoms with Crippen molar-refractivity contribution in [2.45, 2.75) is 19.9 Å². The number of nitrogens with one attached hydrogen (secondary N) is 1. The Kier molecular flexibility index (Phi) is 3.64. The predicted octanol–water partition coefficient (Wildman–Crippen LogP) is 3.14. The van der Waals surface area contributed by atoms with E-state index in [1.165, 1.54) is 11.1 Å². The molecule has 0 aliphatic heterocycles. The second-order valence-corrected chi connectivity index (χ2v) is 5.05. The van der Waals surface area contributed by atoms with E-state index >= 15 is 0 Å². The van der Waals surface area contributed by atoms with E-state index in [4.69, 9.17) is 0 Å². The van der Waals surface area contributed by atoms with Crippen LogP contribution in [0, 0.1) is 6.92 Å². The lowest BCUT2D eigenvalue weighted by atomic mass is 10.1. The van der Waals surface area contributed by atoms with E-state index in [0.29, 0.717) is 0 Å². The molecular formula is C16H17N5. The number of anilines is 1. The van der Waals surface area contributed by atoms with Gasteiger partial charge in [-0.15, -0.1) is 5.10 Å². The average Bonchev–Trinajstić information content (AvgIpc) is 3.02. The molecule has 0 saturated heterocycles. The largest absolute Gasteiger partial charge is 0.377 e. The van der Waals surface area contributed by atoms with Crippen LogP contribution in [0.4, 0.5) is 5.69 Å². The van der Waals surface area contributed by atoms with Crippen molar-refractivity contribution < 1.29 is 0 Å². The molecule has 3 rings (SSSR count). The Morgan fingerprint density at radius 3 is 2.52 bits per heavy atom. The van der Waals surface area contributed by atoms with Crippen LogP contribution >= 0.6 is 0 Å². The third kappa shape index (κ3) is 2.91. The summed E-state index contributed by atoms with van der Waals surface area (Å²) in [5.41, 5.74) is 4.44. The van der Waals surface area contributed by atoms with E-state index in [1.54, 1.807) is 11.0 Å². The van der Waals surface area contributed by atoms with Gasteiger partial charge in [0.2, 0.25) is 0 Å². The second kappa shape index (κ2) is 5.75. The highest BCUT2D eigenvalue weighted by molar-refractivity contribution is 5.61. The molecule has 0 spiro atoms. The number of para-hydroxylation sites is 2. The molecule has 1 atom stereocenters. The van der Waals surface area contributed by atoms with Crippen molar-refractivity contribution in [1.82, 2.24) is 20.2 Å². The Morgan fingerprint density at radius 2 is 1.81 bits per heavy atom. The first kappa shape index (κ1) is 13.3. The summed E-state index contributed by atoms with van der Waals surface area (Å²) < 4.78 is 1.66. The molecule has 0 aliphatic carbocycles. The first-order chi connectivity index (χ1) is 10.2. The monoisotopic (exact) mass is 279 g/mol. The summed E-state index contributed by atoms with van der Waals surface area (Å²) in [5, 5.41) is 14.9. The predicted molar refractivity (Wildman–Crippen MR) is 82.4 cm³/mol. The van der Waals surface area contributed by atoms with Crippen LogP contribution in [0.1, 0.15) is 24.1 Å². The number of benzene rings is 2. The molecule has 3 aromatic rings. The van der Waals surface area contributed by atoms with Crippen LogP contribution in [-0.4, -0.2) is 20.2 Å². The summed E-state index contributed by atoms with van der Waals surface area (Å²) in [4.78, 5) is 0. The fraction of sp³-hybridized carbons (Fsp3) is 0.188. The summed E-state index contributed by atoms with van der Waals surface area (Å²) in [6.07, 6.45) is 1.59. The van der Waals surface area contributed by atoms with Crippen molar-refractivity contribution in [3.8, 4) is 5.69 Å². The molecule has 106 valence electrons. The van der Waals surface area contributed by atoms with E-state index in [1.807, 2.05) is 24.3 Å². The van der Waals surface area contributed by atoms with E-state index in [2.05, 4.69) is 59.0 Å². The van der Waals surface area contributed by atoms with Gasteiger partial charge >= 0.3 is 0 Å². The van der Waals surface area contributed by atoms with Gasteiger partial charge in [0, 0.05) is 6.04 Å². The van der Waals surface area contributed by atoms with E-state index < -0.39 is 0 Å². The number of hydrogen-bond acceptors (Lipinski definition) is 4. The third-order valence-electron chi connectivity index (χ3n) is 3.45. The molecule has 0 radical (unpaired) electrons. The lowest BCUT2D eigenvalue weighted by Gasteiger charge is -2.18. The minimum absolute atomic E-state index is 0.197. The van der Waals surface area contributed by atoms with Crippen LogP contribution in [0.25, 0.3) is 5.69 Å². The molecule has 1 heterocycles. The number of hydrogen-bond donors (Lipinski definition) is 1. The van der Waals surface area contributed by atoms with Gasteiger partial charge in [-0.3, -0.25) is 0 Å². The fourth-order valence-corrected chi connectivity index (χ4v) is 2.24. The molecule has 0 amide bonds. The Bertz CT molecular complexity index is 704. The number of aryl methyl sites for hydroxylation is 1. The zero-order valence-corrected chi connectivity index (χ0v) is 12.1. The highest BCUT2D eigenvalue weighted by Crippen LogP contribution is 2.24. The zero-order chi connectivity index (χ0) is 14.7. The Balaban J connectivity index is 1.86. The van der Waals surface area contributed by atoms with Gasteiger partial charge in [0.05, 0.1) is 11.4 Å². The number of aromatic nitrogens is 4. The highest BCUT2D eigenvalue weighted by atomic mass is 15.5. The lowest BCUT2D eigenvalue weighted by molar-refractivity contribution is 0.785. The van der Waals surface area contributed by atoms with E-state index in [9.17, 15) is 0 Å². The summed E-state index contributed by atoms with van der Waals surface area (Å²) in [5.74, 6) is 0. The van der Waals surface area contributed by atoms with Crippen LogP contribution in [-0.2, 0) is 0 Å². The Morgan fingerprint density at radius 1 is 1.05 bits per heavy atom. The van der Waals surface area contributed by atoms with E-state index in [0.717, 1.165) is 11.4 Å². The lowest BCUT2D eigenvalue weighted by Crippen LogP contribution is -2.09. The van der Waals surface area contributed by atoms with Gasteiger partial charge in [-0.2, -0.15) is 4.68 Å². The minimum atomic E-state index is 0.197. The molecule has 0 aliphatic rings. The van der Waals surface area contributed by atoms with Gasteiger partial charge in [0.15, 0.2) is 0 Å². The summed E-state index contributed by atoms with van der Waals surface area (Å²) in [6.45, 7) is 4.23. The molecule has 5 nitrogen and oxygen atoms in total. The third-order valence-corrected chi connectivity index (χ3v) is 3.45. The first-order valence-electron chi connectivity index (χ1n) is 6.89. The van der Waals surface area contributed by atoms with Gasteiger partial charge in [-0.1, -0.05) is 42.0 Å². The molecule has 0 saturated carbocycles. The Labute approximate surface area is 123 Å². The molecule has 0 bridgehead atoms. The molecule has 5 heteroatoms. The van der Waals surface area contributed by atoms with E-state index in [-0.39, 0.29) is 6.04 Å². The van der Waals surface area contributed by atoms with Crippen LogP contribution < -0.4 is 5.32 Å². The molecule has 2 aromatic carbocycles. The maximum absolute atomic E-state index is 3.95. The fourth-order valence-electron chi connectivity index (χ4n) is 2.24. The molecule has 21 heavy (non-hydrogen) atoms. The maximum Gasteiger partial charge on any atom is 0.143 e.